The first-order valence-electron chi connectivity index (χ1n) is 6.08. The summed E-state index contributed by atoms with van der Waals surface area (Å²) >= 11 is 3.37. The first-order valence-corrected chi connectivity index (χ1v) is 8.93. The normalized spacial score (nSPS) is 13.7. The molecule has 4 nitrogen and oxygen atoms in total. The van der Waals surface area contributed by atoms with Gasteiger partial charge in [-0.2, -0.15) is 0 Å². The van der Waals surface area contributed by atoms with E-state index in [0.29, 0.717) is 6.42 Å². The van der Waals surface area contributed by atoms with E-state index in [-0.39, 0.29) is 11.8 Å². The molecule has 0 fully saturated rings. The van der Waals surface area contributed by atoms with E-state index in [0.717, 1.165) is 29.6 Å². The summed E-state index contributed by atoms with van der Waals surface area (Å²) in [6.07, 6.45) is 5.38. The smallest absolute Gasteiger partial charge is 0.173 e. The monoisotopic (exact) mass is 337 g/mol. The van der Waals surface area contributed by atoms with Gasteiger partial charge in [0.25, 0.3) is 0 Å². The highest BCUT2D eigenvalue weighted by Gasteiger charge is 2.16. The average Bonchev–Trinajstić information content (AvgIpc) is 2.68. The quantitative estimate of drug-likeness (QED) is 0.792. The topological polar surface area (TPSA) is 59.3 Å². The molecule has 1 atom stereocenters. The molecular formula is C12H20BrNO3S. The molecule has 0 saturated carbocycles. The van der Waals surface area contributed by atoms with Crippen molar-refractivity contribution in [2.75, 3.05) is 18.6 Å². The van der Waals surface area contributed by atoms with Crippen molar-refractivity contribution in [3.63, 3.8) is 0 Å². The van der Waals surface area contributed by atoms with Crippen molar-refractivity contribution in [3.05, 3.63) is 22.6 Å². The third-order valence-corrected chi connectivity index (χ3v) is 4.35. The second-order valence-corrected chi connectivity index (χ2v) is 7.41. The lowest BCUT2D eigenvalue weighted by atomic mass is 10.1. The van der Waals surface area contributed by atoms with E-state index < -0.39 is 9.84 Å². The van der Waals surface area contributed by atoms with Crippen LogP contribution in [0.15, 0.2) is 21.4 Å². The van der Waals surface area contributed by atoms with Gasteiger partial charge in [0, 0.05) is 23.6 Å². The average molecular weight is 338 g/mol. The van der Waals surface area contributed by atoms with Crippen LogP contribution in [0.4, 0.5) is 0 Å². The van der Waals surface area contributed by atoms with Gasteiger partial charge in [0.15, 0.2) is 4.67 Å². The van der Waals surface area contributed by atoms with Crippen LogP contribution < -0.4 is 5.32 Å². The standard InChI is InChI=1S/C12H20BrNO3S/c1-3-7-14-11(5-4-9-18(2,15)16)10-6-8-17-12(10)13/h6,8,11,14H,3-5,7,9H2,1-2H3. The summed E-state index contributed by atoms with van der Waals surface area (Å²) in [5, 5.41) is 3.41. The van der Waals surface area contributed by atoms with E-state index in [4.69, 9.17) is 4.42 Å². The Labute approximate surface area is 117 Å². The molecule has 104 valence electrons. The lowest BCUT2D eigenvalue weighted by Crippen LogP contribution is -2.22. The minimum atomic E-state index is -2.88. The molecule has 0 bridgehead atoms. The van der Waals surface area contributed by atoms with Crippen LogP contribution in [0, 0.1) is 0 Å². The van der Waals surface area contributed by atoms with E-state index in [1.54, 1.807) is 6.26 Å². The fraction of sp³-hybridized carbons (Fsp3) is 0.667. The summed E-state index contributed by atoms with van der Waals surface area (Å²) in [7, 11) is -2.88. The zero-order valence-corrected chi connectivity index (χ0v) is 13.2. The molecule has 6 heteroatoms. The maximum atomic E-state index is 11.1. The molecule has 0 radical (unpaired) electrons. The van der Waals surface area contributed by atoms with Crippen molar-refractivity contribution in [3.8, 4) is 0 Å². The highest BCUT2D eigenvalue weighted by atomic mass is 79.9. The fourth-order valence-electron chi connectivity index (χ4n) is 1.79. The van der Waals surface area contributed by atoms with Crippen molar-refractivity contribution in [1.29, 1.82) is 0 Å². The highest BCUT2D eigenvalue weighted by Crippen LogP contribution is 2.27. The van der Waals surface area contributed by atoms with Crippen LogP contribution >= 0.6 is 15.9 Å². The van der Waals surface area contributed by atoms with Crippen LogP contribution in [0.3, 0.4) is 0 Å². The van der Waals surface area contributed by atoms with Gasteiger partial charge >= 0.3 is 0 Å². The number of halogens is 1. The molecular weight excluding hydrogens is 318 g/mol. The van der Waals surface area contributed by atoms with Crippen LogP contribution in [0.5, 0.6) is 0 Å². The lowest BCUT2D eigenvalue weighted by molar-refractivity contribution is 0.474. The molecule has 1 aromatic heterocycles. The van der Waals surface area contributed by atoms with Gasteiger partial charge < -0.3 is 9.73 Å². The highest BCUT2D eigenvalue weighted by molar-refractivity contribution is 9.10. The van der Waals surface area contributed by atoms with Crippen molar-refractivity contribution in [1.82, 2.24) is 5.32 Å². The molecule has 0 saturated heterocycles. The number of furan rings is 1. The number of hydrogen-bond donors (Lipinski definition) is 1. The molecule has 1 N–H and O–H groups in total. The summed E-state index contributed by atoms with van der Waals surface area (Å²) in [5.74, 6) is 0.229. The third-order valence-electron chi connectivity index (χ3n) is 2.67. The predicted molar refractivity (Wildman–Crippen MR) is 76.4 cm³/mol. The minimum absolute atomic E-state index is 0.139. The van der Waals surface area contributed by atoms with Crippen molar-refractivity contribution in [2.24, 2.45) is 0 Å². The Balaban J connectivity index is 2.59. The van der Waals surface area contributed by atoms with Crippen LogP contribution in [-0.2, 0) is 9.84 Å². The maximum absolute atomic E-state index is 11.1. The molecule has 1 heterocycles. The third kappa shape index (κ3) is 5.54. The molecule has 0 aromatic carbocycles. The zero-order valence-electron chi connectivity index (χ0n) is 10.8. The summed E-state index contributed by atoms with van der Waals surface area (Å²) in [5.41, 5.74) is 1.05. The Kier molecular flexibility index (Phi) is 6.38. The van der Waals surface area contributed by atoms with Crippen LogP contribution in [0.25, 0.3) is 0 Å². The molecule has 0 aliphatic heterocycles. The molecule has 18 heavy (non-hydrogen) atoms. The Morgan fingerprint density at radius 3 is 2.72 bits per heavy atom. The number of hydrogen-bond acceptors (Lipinski definition) is 4. The molecule has 1 aromatic rings. The van der Waals surface area contributed by atoms with Gasteiger partial charge in [-0.05, 0) is 47.8 Å². The molecule has 1 rings (SSSR count). The second kappa shape index (κ2) is 7.31. The summed E-state index contributed by atoms with van der Waals surface area (Å²) in [4.78, 5) is 0. The fourth-order valence-corrected chi connectivity index (χ4v) is 3.00. The molecule has 1 unspecified atom stereocenters. The van der Waals surface area contributed by atoms with Gasteiger partial charge in [-0.3, -0.25) is 0 Å². The first-order chi connectivity index (χ1) is 8.44. The van der Waals surface area contributed by atoms with Crippen molar-refractivity contribution < 1.29 is 12.8 Å². The number of rotatable bonds is 8. The van der Waals surface area contributed by atoms with Gasteiger partial charge in [-0.1, -0.05) is 6.92 Å². The van der Waals surface area contributed by atoms with E-state index in [1.807, 2.05) is 6.07 Å². The first kappa shape index (κ1) is 15.7. The summed E-state index contributed by atoms with van der Waals surface area (Å²) in [6, 6.07) is 2.05. The largest absolute Gasteiger partial charge is 0.457 e. The van der Waals surface area contributed by atoms with Gasteiger partial charge in [0.05, 0.1) is 6.26 Å². The van der Waals surface area contributed by atoms with Crippen molar-refractivity contribution in [2.45, 2.75) is 32.2 Å². The predicted octanol–water partition coefficient (Wildman–Crippen LogP) is 2.91. The van der Waals surface area contributed by atoms with Crippen molar-refractivity contribution >= 4 is 25.8 Å². The van der Waals surface area contributed by atoms with Gasteiger partial charge in [-0.25, -0.2) is 8.42 Å². The van der Waals surface area contributed by atoms with E-state index in [2.05, 4.69) is 28.2 Å². The SMILES string of the molecule is CCCNC(CCCS(C)(=O)=O)c1ccoc1Br. The Morgan fingerprint density at radius 2 is 2.22 bits per heavy atom. The zero-order chi connectivity index (χ0) is 13.6. The van der Waals surface area contributed by atoms with Crippen LogP contribution in [0.1, 0.15) is 37.8 Å². The second-order valence-electron chi connectivity index (χ2n) is 4.43. The minimum Gasteiger partial charge on any atom is -0.457 e. The Hall–Kier alpha value is -0.330. The summed E-state index contributed by atoms with van der Waals surface area (Å²) in [6.45, 7) is 3.01. The number of nitrogens with one attached hydrogen (secondary N) is 1. The number of sulfone groups is 1. The molecule has 0 aliphatic carbocycles. The van der Waals surface area contributed by atoms with Gasteiger partial charge in [0.1, 0.15) is 9.84 Å². The van der Waals surface area contributed by atoms with E-state index >= 15 is 0 Å². The van der Waals surface area contributed by atoms with Gasteiger partial charge in [-0.15, -0.1) is 0 Å². The Bertz CT molecular complexity index is 456. The summed E-state index contributed by atoms with van der Waals surface area (Å²) < 4.78 is 28.2. The molecule has 0 aliphatic rings. The van der Waals surface area contributed by atoms with Gasteiger partial charge in [0.2, 0.25) is 0 Å². The van der Waals surface area contributed by atoms with E-state index in [9.17, 15) is 8.42 Å². The maximum Gasteiger partial charge on any atom is 0.173 e. The van der Waals surface area contributed by atoms with Crippen LogP contribution in [0.2, 0.25) is 0 Å². The Morgan fingerprint density at radius 1 is 1.50 bits per heavy atom. The van der Waals surface area contributed by atoms with Crippen LogP contribution in [-0.4, -0.2) is 27.0 Å². The molecule has 0 amide bonds. The lowest BCUT2D eigenvalue weighted by Gasteiger charge is -2.17. The molecule has 0 spiro atoms. The van der Waals surface area contributed by atoms with E-state index in [1.165, 1.54) is 6.26 Å².